The van der Waals surface area contributed by atoms with Gasteiger partial charge in [-0.05, 0) is 6.42 Å². The Hall–Kier alpha value is -2.41. The smallest absolute Gasteiger partial charge is 0.222 e. The van der Waals surface area contributed by atoms with Gasteiger partial charge in [-0.15, -0.1) is 12.3 Å². The van der Waals surface area contributed by atoms with Gasteiger partial charge in [0.2, 0.25) is 23.6 Å². The molecule has 234 valence electrons. The molecule has 0 radical (unpaired) electrons. The number of nitrogens with one attached hydrogen (secondary N) is 2. The van der Waals surface area contributed by atoms with E-state index in [1.165, 1.54) is 11.8 Å². The Morgan fingerprint density at radius 3 is 2.12 bits per heavy atom. The number of amides is 4. The van der Waals surface area contributed by atoms with Gasteiger partial charge < -0.3 is 45.6 Å². The Morgan fingerprint density at radius 1 is 0.902 bits per heavy atom. The van der Waals surface area contributed by atoms with Gasteiger partial charge in [-0.2, -0.15) is 11.8 Å². The highest BCUT2D eigenvalue weighted by atomic mass is 32.2. The summed E-state index contributed by atoms with van der Waals surface area (Å²) in [5, 5.41) is 44.5. The zero-order chi connectivity index (χ0) is 30.8. The average molecular weight is 603 g/mol. The number of hydrogen-bond donors (Lipinski definition) is 6. The van der Waals surface area contributed by atoms with Crippen LogP contribution in [-0.4, -0.2) is 135 Å². The van der Waals surface area contributed by atoms with Gasteiger partial charge in [0, 0.05) is 76.3 Å². The summed E-state index contributed by atoms with van der Waals surface area (Å²) >= 11 is 1.44. The van der Waals surface area contributed by atoms with Gasteiger partial charge in [0.25, 0.3) is 0 Å². The first-order chi connectivity index (χ1) is 19.6. The summed E-state index contributed by atoms with van der Waals surface area (Å²) in [6.07, 6.45) is 1.64. The number of ether oxygens (including phenoxy) is 1. The van der Waals surface area contributed by atoms with Crippen LogP contribution in [0.4, 0.5) is 0 Å². The summed E-state index contributed by atoms with van der Waals surface area (Å²) in [5.74, 6) is 2.72. The predicted octanol–water partition coefficient (Wildman–Crippen LogP) is -1.58. The first kappa shape index (κ1) is 36.6. The molecule has 1 aliphatic heterocycles. The third kappa shape index (κ3) is 13.4. The number of carbonyl (C=O) groups excluding carboxylic acids is 4. The van der Waals surface area contributed by atoms with Gasteiger partial charge in [-0.25, -0.2) is 0 Å². The molecule has 0 aromatic carbocycles. The van der Waals surface area contributed by atoms with Gasteiger partial charge in [-0.3, -0.25) is 19.2 Å². The molecule has 41 heavy (non-hydrogen) atoms. The van der Waals surface area contributed by atoms with Crippen LogP contribution in [0.3, 0.4) is 0 Å². The summed E-state index contributed by atoms with van der Waals surface area (Å²) in [5.41, 5.74) is 0. The molecule has 0 spiro atoms. The fraction of sp³-hybridized carbons (Fsp3) is 0.778. The Bertz CT molecular complexity index is 872. The molecule has 1 aliphatic rings. The van der Waals surface area contributed by atoms with Gasteiger partial charge in [-0.1, -0.05) is 13.8 Å². The maximum Gasteiger partial charge on any atom is 0.222 e. The van der Waals surface area contributed by atoms with E-state index in [4.69, 9.17) is 16.3 Å². The fourth-order valence-electron chi connectivity index (χ4n) is 4.13. The van der Waals surface area contributed by atoms with Crippen molar-refractivity contribution in [2.24, 2.45) is 0 Å². The number of aliphatic hydroxyl groups is 4. The molecule has 3 unspecified atom stereocenters. The van der Waals surface area contributed by atoms with Gasteiger partial charge in [0.1, 0.15) is 24.4 Å². The molecule has 14 heteroatoms. The predicted molar refractivity (Wildman–Crippen MR) is 153 cm³/mol. The second-order valence-corrected chi connectivity index (χ2v) is 10.8. The molecule has 6 N–H and O–H groups in total. The van der Waals surface area contributed by atoms with Crippen LogP contribution in [0, 0.1) is 12.3 Å². The molecule has 0 saturated carbocycles. The van der Waals surface area contributed by atoms with Crippen LogP contribution in [0.2, 0.25) is 0 Å². The standard InChI is InChI=1S/C27H46N4O9S/c1-4-7-8-9-20(33)28-11-12-30(22(35)5-2)13-14-31(23(36)6-3)15-17-41-16-10-21(34)29-24-26(38)25(37)19(18-32)40-27(24)39/h1,19,24-27,32,37-39H,5-18H2,2-3H3,(H,28,33)(H,29,34)/t19?,24?,25-,26+,27?/m0/s1. The fourth-order valence-corrected chi connectivity index (χ4v) is 5.02. The van der Waals surface area contributed by atoms with Crippen LogP contribution in [-0.2, 0) is 23.9 Å². The van der Waals surface area contributed by atoms with Crippen LogP contribution >= 0.6 is 11.8 Å². The lowest BCUT2D eigenvalue weighted by molar-refractivity contribution is -0.253. The number of terminal acetylenes is 1. The quantitative estimate of drug-likeness (QED) is 0.0744. The molecule has 0 bridgehead atoms. The van der Waals surface area contributed by atoms with E-state index in [0.717, 1.165) is 0 Å². The second kappa shape index (κ2) is 20.5. The summed E-state index contributed by atoms with van der Waals surface area (Å²) in [6, 6.07) is -1.24. The monoisotopic (exact) mass is 602 g/mol. The van der Waals surface area contributed by atoms with Crippen molar-refractivity contribution in [2.45, 2.75) is 83.0 Å². The van der Waals surface area contributed by atoms with Crippen molar-refractivity contribution in [3.63, 3.8) is 0 Å². The maximum atomic E-state index is 12.5. The average Bonchev–Trinajstić information content (AvgIpc) is 2.96. The molecule has 1 heterocycles. The molecule has 0 aliphatic carbocycles. The number of thioether (sulfide) groups is 1. The molecular formula is C27H46N4O9S. The van der Waals surface area contributed by atoms with Crippen molar-refractivity contribution in [1.29, 1.82) is 0 Å². The minimum absolute atomic E-state index is 0.0610. The first-order valence-corrected chi connectivity index (χ1v) is 15.2. The zero-order valence-electron chi connectivity index (χ0n) is 24.0. The molecule has 5 atom stereocenters. The second-order valence-electron chi connectivity index (χ2n) is 9.56. The van der Waals surface area contributed by atoms with Gasteiger partial charge in [0.05, 0.1) is 6.61 Å². The van der Waals surface area contributed by atoms with Gasteiger partial charge in [0.15, 0.2) is 6.29 Å². The Morgan fingerprint density at radius 2 is 1.54 bits per heavy atom. The largest absolute Gasteiger partial charge is 0.394 e. The zero-order valence-corrected chi connectivity index (χ0v) is 24.8. The van der Waals surface area contributed by atoms with Crippen molar-refractivity contribution in [3.8, 4) is 12.3 Å². The van der Waals surface area contributed by atoms with E-state index >= 15 is 0 Å². The van der Waals surface area contributed by atoms with Crippen LogP contribution in [0.25, 0.3) is 0 Å². The molecule has 1 saturated heterocycles. The Kier molecular flexibility index (Phi) is 18.3. The van der Waals surface area contributed by atoms with Crippen molar-refractivity contribution in [1.82, 2.24) is 20.4 Å². The van der Waals surface area contributed by atoms with Crippen LogP contribution in [0.15, 0.2) is 0 Å². The number of carbonyl (C=O) groups is 4. The lowest BCUT2D eigenvalue weighted by atomic mass is 9.97. The molecule has 0 aromatic heterocycles. The van der Waals surface area contributed by atoms with E-state index in [1.54, 1.807) is 23.6 Å². The highest BCUT2D eigenvalue weighted by Gasteiger charge is 2.44. The maximum absolute atomic E-state index is 12.5. The molecule has 1 rings (SSSR count). The summed E-state index contributed by atoms with van der Waals surface area (Å²) in [4.78, 5) is 52.4. The third-order valence-electron chi connectivity index (χ3n) is 6.59. The number of nitrogens with zero attached hydrogens (tertiary/aromatic N) is 2. The Balaban J connectivity index is 2.46. The number of rotatable bonds is 19. The number of aliphatic hydroxyl groups excluding tert-OH is 4. The van der Waals surface area contributed by atoms with E-state index in [2.05, 4.69) is 16.6 Å². The van der Waals surface area contributed by atoms with Crippen LogP contribution in [0.5, 0.6) is 0 Å². The number of hydrogen-bond acceptors (Lipinski definition) is 10. The van der Waals surface area contributed by atoms with E-state index in [-0.39, 0.29) is 24.1 Å². The van der Waals surface area contributed by atoms with E-state index < -0.39 is 43.2 Å². The van der Waals surface area contributed by atoms with Crippen molar-refractivity contribution in [3.05, 3.63) is 0 Å². The highest BCUT2D eigenvalue weighted by molar-refractivity contribution is 7.99. The minimum Gasteiger partial charge on any atom is -0.394 e. The SMILES string of the molecule is C#CCCCC(=O)NCCN(CCN(CCSCCC(=O)NC1C(O)OC(CO)[C@H](O)[C@@H]1O)C(=O)CC)C(=O)CC. The molecule has 0 aromatic rings. The highest BCUT2D eigenvalue weighted by Crippen LogP contribution is 2.20. The minimum atomic E-state index is -1.58. The van der Waals surface area contributed by atoms with E-state index in [0.29, 0.717) is 76.3 Å². The molecular weight excluding hydrogens is 556 g/mol. The lowest BCUT2D eigenvalue weighted by Gasteiger charge is -2.40. The summed E-state index contributed by atoms with van der Waals surface area (Å²) in [6.45, 7) is 4.65. The van der Waals surface area contributed by atoms with Crippen LogP contribution in [0.1, 0.15) is 52.4 Å². The lowest BCUT2D eigenvalue weighted by Crippen LogP contribution is -2.64. The number of unbranched alkanes of at least 4 members (excludes halogenated alkanes) is 1. The van der Waals surface area contributed by atoms with Gasteiger partial charge >= 0.3 is 0 Å². The van der Waals surface area contributed by atoms with Crippen molar-refractivity contribution >= 4 is 35.4 Å². The van der Waals surface area contributed by atoms with Crippen molar-refractivity contribution < 1.29 is 44.3 Å². The Labute approximate surface area is 246 Å². The molecule has 13 nitrogen and oxygen atoms in total. The third-order valence-corrected chi connectivity index (χ3v) is 7.55. The first-order valence-electron chi connectivity index (χ1n) is 14.0. The summed E-state index contributed by atoms with van der Waals surface area (Å²) < 4.78 is 5.03. The normalized spacial score (nSPS) is 21.9. The van der Waals surface area contributed by atoms with E-state index in [9.17, 15) is 34.5 Å². The molecule has 1 fully saturated rings. The topological polar surface area (TPSA) is 189 Å². The van der Waals surface area contributed by atoms with E-state index in [1.807, 2.05) is 0 Å². The van der Waals surface area contributed by atoms with Crippen molar-refractivity contribution in [2.75, 3.05) is 50.8 Å². The molecule has 4 amide bonds. The van der Waals surface area contributed by atoms with Crippen LogP contribution < -0.4 is 10.6 Å². The summed E-state index contributed by atoms with van der Waals surface area (Å²) in [7, 11) is 0.